The molecular formula is C14H17ClF3NO4S. The fourth-order valence-electron chi connectivity index (χ4n) is 1.95. The zero-order valence-corrected chi connectivity index (χ0v) is 14.7. The molecule has 0 fully saturated rings. The van der Waals surface area contributed by atoms with Crippen LogP contribution in [0.3, 0.4) is 0 Å². The Kier molecular flexibility index (Phi) is 6.66. The normalized spacial score (nSPS) is 15.0. The van der Waals surface area contributed by atoms with Gasteiger partial charge >= 0.3 is 12.1 Å². The summed E-state index contributed by atoms with van der Waals surface area (Å²) >= 11 is 5.54. The quantitative estimate of drug-likeness (QED) is 0.761. The molecule has 0 amide bonds. The molecule has 0 unspecified atom stereocenters. The number of halogens is 4. The highest BCUT2D eigenvalue weighted by atomic mass is 35.5. The minimum absolute atomic E-state index is 0.257. The van der Waals surface area contributed by atoms with Gasteiger partial charge in [-0.3, -0.25) is 4.79 Å². The van der Waals surface area contributed by atoms with Crippen LogP contribution in [0.2, 0.25) is 5.02 Å². The number of rotatable bonds is 6. The predicted octanol–water partition coefficient (Wildman–Crippen LogP) is 3.22. The molecule has 2 atom stereocenters. The van der Waals surface area contributed by atoms with E-state index in [0.29, 0.717) is 12.5 Å². The molecule has 0 heterocycles. The molecule has 0 spiro atoms. The highest BCUT2D eigenvalue weighted by Crippen LogP contribution is 2.36. The summed E-state index contributed by atoms with van der Waals surface area (Å²) < 4.78 is 70.6. The number of esters is 1. The van der Waals surface area contributed by atoms with E-state index in [9.17, 15) is 26.4 Å². The van der Waals surface area contributed by atoms with Gasteiger partial charge in [-0.1, -0.05) is 31.9 Å². The van der Waals surface area contributed by atoms with Crippen LogP contribution in [0.15, 0.2) is 23.1 Å². The van der Waals surface area contributed by atoms with E-state index in [1.807, 2.05) is 4.72 Å². The Hall–Kier alpha value is -1.32. The molecule has 1 aromatic carbocycles. The van der Waals surface area contributed by atoms with Crippen LogP contribution >= 0.6 is 11.6 Å². The highest BCUT2D eigenvalue weighted by Gasteiger charge is 2.39. The first-order valence-corrected chi connectivity index (χ1v) is 8.77. The number of ether oxygens (including phenoxy) is 1. The average molecular weight is 388 g/mol. The Morgan fingerprint density at radius 3 is 2.42 bits per heavy atom. The maximum absolute atomic E-state index is 13.1. The van der Waals surface area contributed by atoms with E-state index >= 15 is 0 Å². The van der Waals surface area contributed by atoms with Crippen molar-refractivity contribution in [3.8, 4) is 0 Å². The maximum atomic E-state index is 13.1. The Morgan fingerprint density at radius 2 is 1.96 bits per heavy atom. The molecule has 1 N–H and O–H groups in total. The van der Waals surface area contributed by atoms with E-state index in [4.69, 9.17) is 11.6 Å². The number of benzene rings is 1. The predicted molar refractivity (Wildman–Crippen MR) is 82.0 cm³/mol. The lowest BCUT2D eigenvalue weighted by atomic mass is 10.0. The number of hydrogen-bond acceptors (Lipinski definition) is 4. The Morgan fingerprint density at radius 1 is 1.38 bits per heavy atom. The largest absolute Gasteiger partial charge is 0.468 e. The Bertz CT molecular complexity index is 706. The number of carbonyl (C=O) groups is 1. The summed E-state index contributed by atoms with van der Waals surface area (Å²) in [5, 5.41) is -0.257. The molecular weight excluding hydrogens is 371 g/mol. The van der Waals surface area contributed by atoms with Gasteiger partial charge in [0.05, 0.1) is 17.6 Å². The topological polar surface area (TPSA) is 72.5 Å². The van der Waals surface area contributed by atoms with Crippen molar-refractivity contribution in [3.63, 3.8) is 0 Å². The van der Waals surface area contributed by atoms with Crippen molar-refractivity contribution in [2.75, 3.05) is 7.11 Å². The molecule has 0 saturated heterocycles. The van der Waals surface area contributed by atoms with Crippen molar-refractivity contribution in [3.05, 3.63) is 28.8 Å². The first-order chi connectivity index (χ1) is 10.9. The van der Waals surface area contributed by atoms with E-state index in [2.05, 4.69) is 4.74 Å². The monoisotopic (exact) mass is 387 g/mol. The van der Waals surface area contributed by atoms with E-state index in [0.717, 1.165) is 19.2 Å². The molecule has 0 bridgehead atoms. The SMILES string of the molecule is CC[C@H](C)[C@@H](NS(=O)(=O)c1ccc(Cl)cc1C(F)(F)F)C(=O)OC. The molecule has 0 aromatic heterocycles. The summed E-state index contributed by atoms with van der Waals surface area (Å²) in [6, 6.07) is 0.994. The fourth-order valence-corrected chi connectivity index (χ4v) is 3.62. The standard InChI is InChI=1S/C14H17ClF3NO4S/c1-4-8(2)12(13(20)23-3)19-24(21,22)11-6-5-9(15)7-10(11)14(16,17)18/h5-8,12,19H,4H2,1-3H3/t8-,12+/m0/s1. The second-order valence-corrected chi connectivity index (χ2v) is 7.26. The summed E-state index contributed by atoms with van der Waals surface area (Å²) in [4.78, 5) is 10.8. The van der Waals surface area contributed by atoms with Crippen molar-refractivity contribution in [1.29, 1.82) is 0 Å². The molecule has 0 radical (unpaired) electrons. The first kappa shape index (κ1) is 20.7. The van der Waals surface area contributed by atoms with Crippen LogP contribution in [-0.4, -0.2) is 27.5 Å². The van der Waals surface area contributed by atoms with Gasteiger partial charge < -0.3 is 4.74 Å². The number of methoxy groups -OCH3 is 1. The van der Waals surface area contributed by atoms with E-state index in [-0.39, 0.29) is 5.02 Å². The molecule has 136 valence electrons. The second-order valence-electron chi connectivity index (χ2n) is 5.15. The average Bonchev–Trinajstić information content (AvgIpc) is 2.50. The first-order valence-electron chi connectivity index (χ1n) is 6.91. The van der Waals surface area contributed by atoms with Crippen molar-refractivity contribution in [1.82, 2.24) is 4.72 Å². The third kappa shape index (κ3) is 4.84. The van der Waals surface area contributed by atoms with Gasteiger partial charge in [-0.2, -0.15) is 17.9 Å². The van der Waals surface area contributed by atoms with Gasteiger partial charge in [-0.15, -0.1) is 0 Å². The van der Waals surface area contributed by atoms with Crippen molar-refractivity contribution in [2.24, 2.45) is 5.92 Å². The number of alkyl halides is 3. The third-order valence-electron chi connectivity index (χ3n) is 3.49. The lowest BCUT2D eigenvalue weighted by Gasteiger charge is -2.23. The minimum atomic E-state index is -4.92. The van der Waals surface area contributed by atoms with Gasteiger partial charge in [0.2, 0.25) is 10.0 Å². The van der Waals surface area contributed by atoms with Crippen molar-refractivity contribution in [2.45, 2.75) is 37.4 Å². The molecule has 24 heavy (non-hydrogen) atoms. The van der Waals surface area contributed by atoms with Crippen LogP contribution in [0.4, 0.5) is 13.2 Å². The van der Waals surface area contributed by atoms with Gasteiger partial charge in [0.25, 0.3) is 0 Å². The van der Waals surface area contributed by atoms with Gasteiger partial charge in [0.15, 0.2) is 0 Å². The molecule has 0 aliphatic rings. The van der Waals surface area contributed by atoms with E-state index < -0.39 is 44.6 Å². The zero-order valence-electron chi connectivity index (χ0n) is 13.1. The lowest BCUT2D eigenvalue weighted by molar-refractivity contribution is -0.143. The molecule has 5 nitrogen and oxygen atoms in total. The number of hydrogen-bond donors (Lipinski definition) is 1. The molecule has 0 saturated carbocycles. The molecule has 0 aliphatic heterocycles. The lowest BCUT2D eigenvalue weighted by Crippen LogP contribution is -2.45. The van der Waals surface area contributed by atoms with Gasteiger partial charge in [0.1, 0.15) is 6.04 Å². The smallest absolute Gasteiger partial charge is 0.417 e. The van der Waals surface area contributed by atoms with Crippen LogP contribution < -0.4 is 4.72 Å². The van der Waals surface area contributed by atoms with E-state index in [1.54, 1.807) is 13.8 Å². The van der Waals surface area contributed by atoms with Crippen LogP contribution in [0.25, 0.3) is 0 Å². The minimum Gasteiger partial charge on any atom is -0.468 e. The van der Waals surface area contributed by atoms with Crippen LogP contribution in [0.1, 0.15) is 25.8 Å². The number of nitrogens with one attached hydrogen (secondary N) is 1. The number of sulfonamides is 1. The van der Waals surface area contributed by atoms with Crippen molar-refractivity contribution < 1.29 is 31.1 Å². The maximum Gasteiger partial charge on any atom is 0.417 e. The zero-order chi connectivity index (χ0) is 18.7. The van der Waals surface area contributed by atoms with Gasteiger partial charge in [0, 0.05) is 5.02 Å². The van der Waals surface area contributed by atoms with Crippen LogP contribution in [-0.2, 0) is 25.7 Å². The third-order valence-corrected chi connectivity index (χ3v) is 5.22. The second kappa shape index (κ2) is 7.71. The molecule has 1 rings (SSSR count). The molecule has 10 heteroatoms. The molecule has 0 aliphatic carbocycles. The van der Waals surface area contributed by atoms with Gasteiger partial charge in [-0.25, -0.2) is 8.42 Å². The van der Waals surface area contributed by atoms with Crippen LogP contribution in [0, 0.1) is 5.92 Å². The highest BCUT2D eigenvalue weighted by molar-refractivity contribution is 7.89. The summed E-state index contributed by atoms with van der Waals surface area (Å²) in [6.07, 6.45) is -4.51. The summed E-state index contributed by atoms with van der Waals surface area (Å²) in [5.74, 6) is -1.36. The van der Waals surface area contributed by atoms with Crippen LogP contribution in [0.5, 0.6) is 0 Å². The van der Waals surface area contributed by atoms with E-state index in [1.165, 1.54) is 0 Å². The van der Waals surface area contributed by atoms with Crippen molar-refractivity contribution >= 4 is 27.6 Å². The Labute approximate surface area is 143 Å². The summed E-state index contributed by atoms with van der Waals surface area (Å²) in [7, 11) is -3.56. The summed E-state index contributed by atoms with van der Waals surface area (Å²) in [5.41, 5.74) is -1.41. The number of carbonyl (C=O) groups excluding carboxylic acids is 1. The Balaban J connectivity index is 3.37. The fraction of sp³-hybridized carbons (Fsp3) is 0.500. The molecule has 1 aromatic rings. The van der Waals surface area contributed by atoms with Gasteiger partial charge in [-0.05, 0) is 24.1 Å². The summed E-state index contributed by atoms with van der Waals surface area (Å²) in [6.45, 7) is 3.29.